The van der Waals surface area contributed by atoms with Crippen LogP contribution in [0.15, 0.2) is 16.8 Å². The number of allylic oxidation sites excluding steroid dienone is 1. The quantitative estimate of drug-likeness (QED) is 0.320. The van der Waals surface area contributed by atoms with Crippen molar-refractivity contribution in [3.63, 3.8) is 0 Å². The van der Waals surface area contributed by atoms with Gasteiger partial charge in [-0.25, -0.2) is 0 Å². The van der Waals surface area contributed by atoms with Crippen LogP contribution >= 0.6 is 0 Å². The van der Waals surface area contributed by atoms with Crippen molar-refractivity contribution in [2.75, 3.05) is 26.2 Å². The number of nitrogens with zero attached hydrogens (tertiary/aromatic N) is 2. The van der Waals surface area contributed by atoms with Crippen LogP contribution in [0.25, 0.3) is 0 Å². The van der Waals surface area contributed by atoms with Crippen LogP contribution in [0.5, 0.6) is 0 Å². The summed E-state index contributed by atoms with van der Waals surface area (Å²) in [6, 6.07) is 0. The molecule has 0 spiro atoms. The van der Waals surface area contributed by atoms with Crippen LogP contribution in [-0.4, -0.2) is 48.1 Å². The first kappa shape index (κ1) is 21.2. The number of aliphatic imine (C=N–C) groups is 1. The molecule has 0 heterocycles. The molecule has 4 nitrogen and oxygen atoms in total. The van der Waals surface area contributed by atoms with Crippen molar-refractivity contribution in [3.8, 4) is 0 Å². The van der Waals surface area contributed by atoms with Crippen LogP contribution in [-0.2, 0) is 0 Å². The van der Waals surface area contributed by atoms with E-state index in [9.17, 15) is 5.11 Å². The van der Waals surface area contributed by atoms with Crippen molar-refractivity contribution in [2.24, 2.45) is 4.99 Å². The lowest BCUT2D eigenvalue weighted by atomic mass is 9.90. The maximum atomic E-state index is 11.0. The second-order valence-electron chi connectivity index (χ2n) is 7.13. The third kappa shape index (κ3) is 8.29. The highest BCUT2D eigenvalue weighted by molar-refractivity contribution is 5.59. The van der Waals surface area contributed by atoms with E-state index in [0.717, 1.165) is 58.3 Å². The molecule has 0 aromatic carbocycles. The number of nitrogens with one attached hydrogen (secondary N) is 1. The average molecular weight is 338 g/mol. The van der Waals surface area contributed by atoms with E-state index in [1.807, 2.05) is 6.21 Å². The van der Waals surface area contributed by atoms with E-state index in [1.54, 1.807) is 0 Å². The lowest BCUT2D eigenvalue weighted by Crippen LogP contribution is -2.52. The van der Waals surface area contributed by atoms with E-state index in [4.69, 9.17) is 0 Å². The summed E-state index contributed by atoms with van der Waals surface area (Å²) in [5.74, 6) is 0. The Morgan fingerprint density at radius 3 is 2.62 bits per heavy atom. The van der Waals surface area contributed by atoms with Gasteiger partial charge in [-0.15, -0.1) is 0 Å². The first-order valence-corrected chi connectivity index (χ1v) is 9.97. The smallest absolute Gasteiger partial charge is 0.118 e. The minimum Gasteiger partial charge on any atom is -0.390 e. The fourth-order valence-corrected chi connectivity index (χ4v) is 3.25. The summed E-state index contributed by atoms with van der Waals surface area (Å²) < 4.78 is 0. The molecule has 1 aliphatic carbocycles. The molecular formula is C20H39N3O. The zero-order chi connectivity index (χ0) is 17.7. The Labute approximate surface area is 149 Å². The molecule has 0 bridgehead atoms. The van der Waals surface area contributed by atoms with E-state index in [1.165, 1.54) is 31.3 Å². The molecule has 0 saturated heterocycles. The molecule has 1 saturated carbocycles. The van der Waals surface area contributed by atoms with Gasteiger partial charge in [0, 0.05) is 32.4 Å². The van der Waals surface area contributed by atoms with Gasteiger partial charge in [-0.05, 0) is 58.1 Å². The van der Waals surface area contributed by atoms with Crippen LogP contribution in [0.4, 0.5) is 0 Å². The number of hydrogen-bond donors (Lipinski definition) is 2. The van der Waals surface area contributed by atoms with Crippen molar-refractivity contribution in [1.82, 2.24) is 10.2 Å². The molecule has 1 rings (SSSR count). The van der Waals surface area contributed by atoms with Crippen molar-refractivity contribution in [2.45, 2.75) is 84.3 Å². The van der Waals surface area contributed by atoms with Crippen LogP contribution in [0.3, 0.4) is 0 Å². The maximum Gasteiger partial charge on any atom is 0.118 e. The standard InChI is InChI=1S/C20H39N3O/c1-4-6-10-19(3)18-22-15-17-23(16-14-21-13-5-2)20(24)11-8-7-9-12-20/h14,18,22,24H,4-13,15-17H2,1-3H3. The Kier molecular flexibility index (Phi) is 11.0. The van der Waals surface area contributed by atoms with E-state index in [2.05, 4.69) is 42.2 Å². The number of rotatable bonds is 12. The molecule has 0 aliphatic heterocycles. The summed E-state index contributed by atoms with van der Waals surface area (Å²) in [7, 11) is 0. The van der Waals surface area contributed by atoms with Gasteiger partial charge in [0.2, 0.25) is 0 Å². The van der Waals surface area contributed by atoms with Crippen molar-refractivity contribution in [1.29, 1.82) is 0 Å². The summed E-state index contributed by atoms with van der Waals surface area (Å²) in [6.07, 6.45) is 14.1. The predicted octanol–water partition coefficient (Wildman–Crippen LogP) is 4.11. The Bertz CT molecular complexity index is 373. The molecule has 140 valence electrons. The van der Waals surface area contributed by atoms with Gasteiger partial charge in [0.15, 0.2) is 0 Å². The van der Waals surface area contributed by atoms with Gasteiger partial charge < -0.3 is 10.4 Å². The summed E-state index contributed by atoms with van der Waals surface area (Å²) >= 11 is 0. The van der Waals surface area contributed by atoms with Gasteiger partial charge in [-0.3, -0.25) is 9.89 Å². The molecule has 0 aromatic heterocycles. The highest BCUT2D eigenvalue weighted by Crippen LogP contribution is 2.30. The Morgan fingerprint density at radius 1 is 1.21 bits per heavy atom. The molecule has 0 atom stereocenters. The van der Waals surface area contributed by atoms with Crippen LogP contribution in [0.2, 0.25) is 0 Å². The molecule has 0 radical (unpaired) electrons. The van der Waals surface area contributed by atoms with Crippen LogP contribution < -0.4 is 5.32 Å². The first-order valence-electron chi connectivity index (χ1n) is 9.97. The zero-order valence-corrected chi connectivity index (χ0v) is 16.2. The van der Waals surface area contributed by atoms with Gasteiger partial charge in [0.1, 0.15) is 5.72 Å². The van der Waals surface area contributed by atoms with Gasteiger partial charge in [-0.2, -0.15) is 0 Å². The molecule has 1 fully saturated rings. The fraction of sp³-hybridized carbons (Fsp3) is 0.850. The van der Waals surface area contributed by atoms with Crippen LogP contribution in [0.1, 0.15) is 78.6 Å². The fourth-order valence-electron chi connectivity index (χ4n) is 3.25. The van der Waals surface area contributed by atoms with Gasteiger partial charge in [0.05, 0.1) is 0 Å². The zero-order valence-electron chi connectivity index (χ0n) is 16.2. The van der Waals surface area contributed by atoms with Crippen molar-refractivity contribution in [3.05, 3.63) is 11.8 Å². The minimum absolute atomic E-state index is 0.640. The second-order valence-corrected chi connectivity index (χ2v) is 7.13. The molecule has 4 heteroatoms. The minimum atomic E-state index is -0.640. The SMILES string of the molecule is CCCCC(C)=CNCCN(CC=NCCC)C1(O)CCCCC1. The highest BCUT2D eigenvalue weighted by atomic mass is 16.3. The molecule has 0 aromatic rings. The first-order chi connectivity index (χ1) is 11.6. The molecule has 0 unspecified atom stereocenters. The maximum absolute atomic E-state index is 11.0. The molecule has 0 amide bonds. The summed E-state index contributed by atoms with van der Waals surface area (Å²) in [6.45, 7) is 9.90. The van der Waals surface area contributed by atoms with Crippen LogP contribution in [0, 0.1) is 0 Å². The van der Waals surface area contributed by atoms with Crippen molar-refractivity contribution < 1.29 is 5.11 Å². The lowest BCUT2D eigenvalue weighted by Gasteiger charge is -2.41. The van der Waals surface area contributed by atoms with E-state index < -0.39 is 5.72 Å². The summed E-state index contributed by atoms with van der Waals surface area (Å²) in [5, 5.41) is 14.5. The molecular weight excluding hydrogens is 298 g/mol. The largest absolute Gasteiger partial charge is 0.390 e. The summed E-state index contributed by atoms with van der Waals surface area (Å²) in [5.41, 5.74) is 0.767. The summed E-state index contributed by atoms with van der Waals surface area (Å²) in [4.78, 5) is 6.65. The third-order valence-corrected chi connectivity index (χ3v) is 4.83. The molecule has 1 aliphatic rings. The Morgan fingerprint density at radius 2 is 1.96 bits per heavy atom. The Balaban J connectivity index is 2.48. The normalized spacial score (nSPS) is 18.5. The monoisotopic (exact) mass is 337 g/mol. The number of hydrogen-bond acceptors (Lipinski definition) is 4. The van der Waals surface area contributed by atoms with Gasteiger partial charge in [-0.1, -0.05) is 32.3 Å². The van der Waals surface area contributed by atoms with Gasteiger partial charge >= 0.3 is 0 Å². The average Bonchev–Trinajstić information content (AvgIpc) is 2.59. The van der Waals surface area contributed by atoms with E-state index in [-0.39, 0.29) is 0 Å². The Hall–Kier alpha value is -0.870. The van der Waals surface area contributed by atoms with Crippen molar-refractivity contribution >= 4 is 6.21 Å². The highest BCUT2D eigenvalue weighted by Gasteiger charge is 2.34. The van der Waals surface area contributed by atoms with E-state index >= 15 is 0 Å². The van der Waals surface area contributed by atoms with Gasteiger partial charge in [0.25, 0.3) is 0 Å². The number of aliphatic hydroxyl groups is 1. The molecule has 24 heavy (non-hydrogen) atoms. The van der Waals surface area contributed by atoms with E-state index in [0.29, 0.717) is 0 Å². The lowest BCUT2D eigenvalue weighted by molar-refractivity contribution is -0.123. The molecule has 2 N–H and O–H groups in total. The topological polar surface area (TPSA) is 47.9 Å². The number of unbranched alkanes of at least 4 members (excludes halogenated alkanes) is 1. The second kappa shape index (κ2) is 12.5. The predicted molar refractivity (Wildman–Crippen MR) is 105 cm³/mol. The third-order valence-electron chi connectivity index (χ3n) is 4.83.